The number of rotatable bonds is 1. The van der Waals surface area contributed by atoms with Crippen molar-refractivity contribution in [3.05, 3.63) is 23.8 Å². The molecule has 1 aromatic heterocycles. The molecule has 17 heavy (non-hydrogen) atoms. The van der Waals surface area contributed by atoms with E-state index in [9.17, 15) is 0 Å². The molecule has 88 valence electrons. The van der Waals surface area contributed by atoms with Gasteiger partial charge in [-0.2, -0.15) is 0 Å². The molecule has 0 spiro atoms. The number of benzene rings is 1. The first-order valence-electron chi connectivity index (χ1n) is 5.37. The second kappa shape index (κ2) is 3.69. The molecular weight excluding hydrogens is 220 g/mol. The summed E-state index contributed by atoms with van der Waals surface area (Å²) in [7, 11) is 0. The van der Waals surface area contributed by atoms with Crippen LogP contribution in [0.2, 0.25) is 0 Å². The van der Waals surface area contributed by atoms with Gasteiger partial charge in [-0.3, -0.25) is 0 Å². The average molecular weight is 232 g/mol. The first kappa shape index (κ1) is 10.0. The van der Waals surface area contributed by atoms with Crippen molar-refractivity contribution in [2.24, 2.45) is 0 Å². The highest BCUT2D eigenvalue weighted by molar-refractivity contribution is 5.69. The van der Waals surface area contributed by atoms with Gasteiger partial charge in [-0.25, -0.2) is 0 Å². The lowest BCUT2D eigenvalue weighted by Gasteiger charge is -2.18. The molecule has 1 aliphatic heterocycles. The number of nitrogen functional groups attached to an aromatic ring is 1. The Morgan fingerprint density at radius 3 is 2.65 bits per heavy atom. The van der Waals surface area contributed by atoms with Crippen molar-refractivity contribution in [2.45, 2.75) is 6.92 Å². The van der Waals surface area contributed by atoms with E-state index in [2.05, 4.69) is 5.16 Å². The SMILES string of the molecule is Cc1c(-c2ccc3c(c2)OCCO3)noc1N. The second-order valence-electron chi connectivity index (χ2n) is 3.88. The van der Waals surface area contributed by atoms with E-state index in [1.165, 1.54) is 0 Å². The molecule has 0 saturated heterocycles. The third kappa shape index (κ3) is 1.60. The number of nitrogens with zero attached hydrogens (tertiary/aromatic N) is 1. The van der Waals surface area contributed by atoms with Gasteiger partial charge in [-0.1, -0.05) is 5.16 Å². The van der Waals surface area contributed by atoms with Crippen molar-refractivity contribution in [2.75, 3.05) is 18.9 Å². The molecular formula is C12H12N2O3. The fourth-order valence-electron chi connectivity index (χ4n) is 1.81. The van der Waals surface area contributed by atoms with Crippen LogP contribution in [-0.2, 0) is 0 Å². The van der Waals surface area contributed by atoms with Gasteiger partial charge in [0.15, 0.2) is 11.5 Å². The molecule has 2 aromatic rings. The second-order valence-corrected chi connectivity index (χ2v) is 3.88. The Bertz CT molecular complexity index is 563. The number of hydrogen-bond acceptors (Lipinski definition) is 5. The van der Waals surface area contributed by atoms with Gasteiger partial charge in [0.2, 0.25) is 5.88 Å². The van der Waals surface area contributed by atoms with Crippen molar-refractivity contribution in [1.82, 2.24) is 5.16 Å². The van der Waals surface area contributed by atoms with Gasteiger partial charge in [0, 0.05) is 11.1 Å². The fraction of sp³-hybridized carbons (Fsp3) is 0.250. The summed E-state index contributed by atoms with van der Waals surface area (Å²) in [5.74, 6) is 1.83. The first-order valence-corrected chi connectivity index (χ1v) is 5.37. The lowest BCUT2D eigenvalue weighted by atomic mass is 10.1. The topological polar surface area (TPSA) is 70.5 Å². The minimum atomic E-state index is 0.342. The molecule has 2 N–H and O–H groups in total. The van der Waals surface area contributed by atoms with Crippen LogP contribution in [-0.4, -0.2) is 18.4 Å². The summed E-state index contributed by atoms with van der Waals surface area (Å²) in [4.78, 5) is 0. The number of hydrogen-bond donors (Lipinski definition) is 1. The van der Waals surface area contributed by atoms with Gasteiger partial charge >= 0.3 is 0 Å². The first-order chi connectivity index (χ1) is 8.25. The lowest BCUT2D eigenvalue weighted by molar-refractivity contribution is 0.171. The van der Waals surface area contributed by atoms with E-state index >= 15 is 0 Å². The summed E-state index contributed by atoms with van der Waals surface area (Å²) in [6.45, 7) is 3.02. The van der Waals surface area contributed by atoms with E-state index in [0.29, 0.717) is 19.1 Å². The standard InChI is InChI=1S/C12H12N2O3/c1-7-11(14-17-12(7)13)8-2-3-9-10(6-8)16-5-4-15-9/h2-3,6H,4-5,13H2,1H3. The van der Waals surface area contributed by atoms with Crippen molar-refractivity contribution < 1.29 is 14.0 Å². The van der Waals surface area contributed by atoms with Crippen molar-refractivity contribution in [1.29, 1.82) is 0 Å². The normalized spacial score (nSPS) is 13.7. The Labute approximate surface area is 98.1 Å². The van der Waals surface area contributed by atoms with Gasteiger partial charge in [0.25, 0.3) is 0 Å². The Kier molecular flexibility index (Phi) is 2.18. The summed E-state index contributed by atoms with van der Waals surface area (Å²) >= 11 is 0. The molecule has 3 rings (SSSR count). The maximum atomic E-state index is 5.63. The number of nitrogens with two attached hydrogens (primary N) is 1. The minimum absolute atomic E-state index is 0.342. The Morgan fingerprint density at radius 2 is 1.94 bits per heavy atom. The highest BCUT2D eigenvalue weighted by Crippen LogP contribution is 2.35. The van der Waals surface area contributed by atoms with E-state index in [1.807, 2.05) is 25.1 Å². The van der Waals surface area contributed by atoms with Crippen LogP contribution < -0.4 is 15.2 Å². The quantitative estimate of drug-likeness (QED) is 0.814. The van der Waals surface area contributed by atoms with Crippen LogP contribution in [0, 0.1) is 6.92 Å². The summed E-state index contributed by atoms with van der Waals surface area (Å²) in [5.41, 5.74) is 8.11. The summed E-state index contributed by atoms with van der Waals surface area (Å²) in [6, 6.07) is 5.67. The third-order valence-corrected chi connectivity index (χ3v) is 2.78. The molecule has 0 saturated carbocycles. The zero-order valence-electron chi connectivity index (χ0n) is 9.40. The molecule has 1 aromatic carbocycles. The molecule has 0 bridgehead atoms. The zero-order chi connectivity index (χ0) is 11.8. The van der Waals surface area contributed by atoms with Crippen molar-refractivity contribution in [3.8, 4) is 22.8 Å². The Morgan fingerprint density at radius 1 is 1.18 bits per heavy atom. The van der Waals surface area contributed by atoms with E-state index in [4.69, 9.17) is 19.7 Å². The highest BCUT2D eigenvalue weighted by atomic mass is 16.6. The lowest BCUT2D eigenvalue weighted by Crippen LogP contribution is -2.15. The molecule has 0 unspecified atom stereocenters. The minimum Gasteiger partial charge on any atom is -0.486 e. The fourth-order valence-corrected chi connectivity index (χ4v) is 1.81. The number of fused-ring (bicyclic) bond motifs is 1. The van der Waals surface area contributed by atoms with Crippen LogP contribution in [0.1, 0.15) is 5.56 Å². The molecule has 5 nitrogen and oxygen atoms in total. The molecule has 0 aliphatic carbocycles. The molecule has 0 atom stereocenters. The van der Waals surface area contributed by atoms with E-state index < -0.39 is 0 Å². The number of anilines is 1. The van der Waals surface area contributed by atoms with Gasteiger partial charge in [0.05, 0.1) is 0 Å². The van der Waals surface area contributed by atoms with E-state index in [0.717, 1.165) is 28.3 Å². The van der Waals surface area contributed by atoms with Crippen LogP contribution in [0.3, 0.4) is 0 Å². The van der Waals surface area contributed by atoms with Gasteiger partial charge in [-0.05, 0) is 25.1 Å². The van der Waals surface area contributed by atoms with Gasteiger partial charge in [0.1, 0.15) is 18.9 Å². The number of ether oxygens (including phenoxy) is 2. The van der Waals surface area contributed by atoms with Crippen LogP contribution in [0.5, 0.6) is 11.5 Å². The predicted molar refractivity (Wildman–Crippen MR) is 62.1 cm³/mol. The third-order valence-electron chi connectivity index (χ3n) is 2.78. The van der Waals surface area contributed by atoms with Crippen LogP contribution in [0.4, 0.5) is 5.88 Å². The summed E-state index contributed by atoms with van der Waals surface area (Å²) in [5, 5.41) is 3.94. The molecule has 0 radical (unpaired) electrons. The van der Waals surface area contributed by atoms with Crippen LogP contribution >= 0.6 is 0 Å². The van der Waals surface area contributed by atoms with Crippen molar-refractivity contribution in [3.63, 3.8) is 0 Å². The predicted octanol–water partition coefficient (Wildman–Crippen LogP) is 2.00. The maximum Gasteiger partial charge on any atom is 0.225 e. The molecule has 5 heteroatoms. The van der Waals surface area contributed by atoms with E-state index in [-0.39, 0.29) is 0 Å². The van der Waals surface area contributed by atoms with Gasteiger partial charge < -0.3 is 19.7 Å². The smallest absolute Gasteiger partial charge is 0.225 e. The van der Waals surface area contributed by atoms with Crippen molar-refractivity contribution >= 4 is 5.88 Å². The average Bonchev–Trinajstić information content (AvgIpc) is 2.70. The molecule has 0 fully saturated rings. The van der Waals surface area contributed by atoms with Crippen LogP contribution in [0.25, 0.3) is 11.3 Å². The molecule has 0 amide bonds. The van der Waals surface area contributed by atoms with Crippen LogP contribution in [0.15, 0.2) is 22.7 Å². The molecule has 1 aliphatic rings. The maximum absolute atomic E-state index is 5.63. The number of aromatic nitrogens is 1. The largest absolute Gasteiger partial charge is 0.486 e. The van der Waals surface area contributed by atoms with E-state index in [1.54, 1.807) is 0 Å². The zero-order valence-corrected chi connectivity index (χ0v) is 9.40. The Balaban J connectivity index is 2.07. The summed E-state index contributed by atoms with van der Waals surface area (Å²) in [6.07, 6.45) is 0. The van der Waals surface area contributed by atoms with Gasteiger partial charge in [-0.15, -0.1) is 0 Å². The highest BCUT2D eigenvalue weighted by Gasteiger charge is 2.16. The molecule has 2 heterocycles. The monoisotopic (exact) mass is 232 g/mol. The Hall–Kier alpha value is -2.17. The summed E-state index contributed by atoms with van der Waals surface area (Å²) < 4.78 is 15.9.